The van der Waals surface area contributed by atoms with Crippen molar-refractivity contribution < 1.29 is 0 Å². The van der Waals surface area contributed by atoms with Crippen LogP contribution in [-0.4, -0.2) is 15.3 Å². The quantitative estimate of drug-likeness (QED) is 0.383. The van der Waals surface area contributed by atoms with Crippen LogP contribution in [0.5, 0.6) is 0 Å². The summed E-state index contributed by atoms with van der Waals surface area (Å²) >= 11 is 9.54. The van der Waals surface area contributed by atoms with E-state index in [2.05, 4.69) is 20.9 Å². The molecule has 0 saturated heterocycles. The fourth-order valence-corrected chi connectivity index (χ4v) is 3.96. The average Bonchev–Trinajstić information content (AvgIpc) is 3.20. The van der Waals surface area contributed by atoms with Crippen LogP contribution in [0.2, 0.25) is 5.02 Å². The van der Waals surface area contributed by atoms with Gasteiger partial charge in [0.15, 0.2) is 0 Å². The Bertz CT molecular complexity index is 1330. The van der Waals surface area contributed by atoms with Gasteiger partial charge in [0, 0.05) is 20.6 Å². The van der Waals surface area contributed by atoms with Crippen LogP contribution in [0.15, 0.2) is 93.1 Å². The first-order valence-electron chi connectivity index (χ1n) is 9.40. The van der Waals surface area contributed by atoms with Gasteiger partial charge in [-0.1, -0.05) is 70.0 Å². The molecule has 1 aliphatic rings. The zero-order chi connectivity index (χ0) is 20.7. The average molecular weight is 477 g/mol. The maximum atomic E-state index is 13.6. The van der Waals surface area contributed by atoms with E-state index in [0.29, 0.717) is 34.3 Å². The first-order chi connectivity index (χ1) is 14.6. The van der Waals surface area contributed by atoms with Gasteiger partial charge < -0.3 is 0 Å². The number of hydrogen-bond acceptors (Lipinski definition) is 3. The van der Waals surface area contributed by atoms with Crippen LogP contribution in [0.4, 0.5) is 0 Å². The molecule has 0 radical (unpaired) electrons. The first-order valence-corrected chi connectivity index (χ1v) is 10.6. The molecule has 1 aromatic heterocycles. The summed E-state index contributed by atoms with van der Waals surface area (Å²) in [6.45, 7) is 0.319. The van der Waals surface area contributed by atoms with E-state index in [1.54, 1.807) is 16.7 Å². The van der Waals surface area contributed by atoms with Gasteiger partial charge in [0.2, 0.25) is 0 Å². The van der Waals surface area contributed by atoms with Crippen molar-refractivity contribution in [2.45, 2.75) is 6.54 Å². The lowest BCUT2D eigenvalue weighted by Gasteiger charge is -2.15. The Hall–Kier alpha value is -3.02. The van der Waals surface area contributed by atoms with Crippen LogP contribution >= 0.6 is 27.5 Å². The Labute approximate surface area is 186 Å². The molecule has 0 spiro atoms. The lowest BCUT2D eigenvalue weighted by molar-refractivity contribution is 0.903. The van der Waals surface area contributed by atoms with Gasteiger partial charge in [-0.15, -0.1) is 0 Å². The molecule has 0 N–H and O–H groups in total. The first kappa shape index (κ1) is 19.0. The van der Waals surface area contributed by atoms with E-state index < -0.39 is 0 Å². The van der Waals surface area contributed by atoms with Crippen LogP contribution < -0.4 is 5.56 Å². The van der Waals surface area contributed by atoms with Crippen LogP contribution in [0.25, 0.3) is 17.1 Å². The number of fused-ring (bicyclic) bond motifs is 1. The standard InChI is InChI=1S/C24H15BrClN3O/c25-17-8-6-16(7-9-17)23-28-22-20(14-27-21(22)15-4-2-1-3-5-15)24(30)29(23)19-12-10-18(26)11-13-19/h1-13H,14H2. The lowest BCUT2D eigenvalue weighted by Crippen LogP contribution is -2.27. The second kappa shape index (κ2) is 7.67. The molecule has 5 rings (SSSR count). The monoisotopic (exact) mass is 475 g/mol. The minimum absolute atomic E-state index is 0.116. The van der Waals surface area contributed by atoms with Crippen LogP contribution in [0.3, 0.4) is 0 Å². The third-order valence-corrected chi connectivity index (χ3v) is 5.81. The Morgan fingerprint density at radius 2 is 1.57 bits per heavy atom. The van der Waals surface area contributed by atoms with E-state index in [-0.39, 0.29) is 5.56 Å². The summed E-state index contributed by atoms with van der Waals surface area (Å²) in [5.74, 6) is 0.569. The molecule has 1 aliphatic heterocycles. The van der Waals surface area contributed by atoms with Crippen molar-refractivity contribution in [2.75, 3.05) is 0 Å². The van der Waals surface area contributed by atoms with Crippen molar-refractivity contribution in [1.29, 1.82) is 0 Å². The van der Waals surface area contributed by atoms with E-state index >= 15 is 0 Å². The largest absolute Gasteiger partial charge is 0.277 e. The number of benzene rings is 3. The SMILES string of the molecule is O=c1c2c(nc(-c3ccc(Br)cc3)n1-c1ccc(Cl)cc1)C(c1ccccc1)=NC2. The fourth-order valence-electron chi connectivity index (χ4n) is 3.57. The summed E-state index contributed by atoms with van der Waals surface area (Å²) in [7, 11) is 0. The summed E-state index contributed by atoms with van der Waals surface area (Å²) < 4.78 is 2.60. The molecule has 0 aliphatic carbocycles. The summed E-state index contributed by atoms with van der Waals surface area (Å²) in [5, 5.41) is 0.612. The van der Waals surface area contributed by atoms with Crippen molar-refractivity contribution in [2.24, 2.45) is 4.99 Å². The van der Waals surface area contributed by atoms with Crippen LogP contribution in [-0.2, 0) is 6.54 Å². The molecule has 4 nitrogen and oxygen atoms in total. The Morgan fingerprint density at radius 3 is 2.27 bits per heavy atom. The zero-order valence-electron chi connectivity index (χ0n) is 15.7. The normalized spacial score (nSPS) is 12.5. The van der Waals surface area contributed by atoms with Gasteiger partial charge in [0.05, 0.1) is 23.5 Å². The van der Waals surface area contributed by atoms with Crippen LogP contribution in [0.1, 0.15) is 16.8 Å². The highest BCUT2D eigenvalue weighted by Gasteiger charge is 2.26. The minimum atomic E-state index is -0.116. The molecule has 0 saturated carbocycles. The van der Waals surface area contributed by atoms with Gasteiger partial charge >= 0.3 is 0 Å². The molecule has 3 aromatic carbocycles. The predicted octanol–water partition coefficient (Wildman–Crippen LogP) is 5.67. The van der Waals surface area contributed by atoms with E-state index in [0.717, 1.165) is 21.3 Å². The molecular formula is C24H15BrClN3O. The maximum absolute atomic E-state index is 13.6. The number of rotatable bonds is 3. The third-order valence-electron chi connectivity index (χ3n) is 5.03. The molecule has 0 fully saturated rings. The highest BCUT2D eigenvalue weighted by molar-refractivity contribution is 9.10. The van der Waals surface area contributed by atoms with Crippen molar-refractivity contribution in [3.63, 3.8) is 0 Å². The molecule has 0 bridgehead atoms. The highest BCUT2D eigenvalue weighted by Crippen LogP contribution is 2.27. The summed E-state index contributed by atoms with van der Waals surface area (Å²) in [6.07, 6.45) is 0. The number of halogens is 2. The number of hydrogen-bond donors (Lipinski definition) is 0. The fraction of sp³-hybridized carbons (Fsp3) is 0.0417. The lowest BCUT2D eigenvalue weighted by atomic mass is 10.1. The molecule has 146 valence electrons. The topological polar surface area (TPSA) is 47.2 Å². The Kier molecular flexibility index (Phi) is 4.85. The Balaban J connectivity index is 1.78. The zero-order valence-corrected chi connectivity index (χ0v) is 18.1. The van der Waals surface area contributed by atoms with Crippen molar-refractivity contribution in [1.82, 2.24) is 9.55 Å². The summed E-state index contributed by atoms with van der Waals surface area (Å²) in [4.78, 5) is 23.2. The molecule has 0 amide bonds. The molecule has 30 heavy (non-hydrogen) atoms. The van der Waals surface area contributed by atoms with E-state index in [4.69, 9.17) is 16.6 Å². The molecular weight excluding hydrogens is 462 g/mol. The molecule has 4 aromatic rings. The van der Waals surface area contributed by atoms with Gasteiger partial charge in [0.1, 0.15) is 11.5 Å². The van der Waals surface area contributed by atoms with Gasteiger partial charge in [-0.3, -0.25) is 14.4 Å². The van der Waals surface area contributed by atoms with Gasteiger partial charge in [0.25, 0.3) is 5.56 Å². The second-order valence-electron chi connectivity index (χ2n) is 6.92. The van der Waals surface area contributed by atoms with Crippen molar-refractivity contribution >= 4 is 33.2 Å². The third kappa shape index (κ3) is 3.30. The molecule has 2 heterocycles. The van der Waals surface area contributed by atoms with Gasteiger partial charge in [-0.25, -0.2) is 4.98 Å². The number of aromatic nitrogens is 2. The van der Waals surface area contributed by atoms with Crippen molar-refractivity contribution in [3.05, 3.63) is 116 Å². The number of aliphatic imine (C=N–C) groups is 1. The van der Waals surface area contributed by atoms with E-state index in [1.807, 2.05) is 66.7 Å². The minimum Gasteiger partial charge on any atom is -0.277 e. The maximum Gasteiger partial charge on any atom is 0.264 e. The highest BCUT2D eigenvalue weighted by atomic mass is 79.9. The second-order valence-corrected chi connectivity index (χ2v) is 8.27. The molecule has 0 atom stereocenters. The molecule has 0 unspecified atom stereocenters. The van der Waals surface area contributed by atoms with Crippen molar-refractivity contribution in [3.8, 4) is 17.1 Å². The smallest absolute Gasteiger partial charge is 0.264 e. The summed E-state index contributed by atoms with van der Waals surface area (Å²) in [6, 6.07) is 24.8. The predicted molar refractivity (Wildman–Crippen MR) is 124 cm³/mol. The van der Waals surface area contributed by atoms with Gasteiger partial charge in [-0.05, 0) is 36.4 Å². The number of nitrogens with zero attached hydrogens (tertiary/aromatic N) is 3. The van der Waals surface area contributed by atoms with Crippen LogP contribution in [0, 0.1) is 0 Å². The van der Waals surface area contributed by atoms with E-state index in [1.165, 1.54) is 0 Å². The molecule has 6 heteroatoms. The van der Waals surface area contributed by atoms with Gasteiger partial charge in [-0.2, -0.15) is 0 Å². The summed E-state index contributed by atoms with van der Waals surface area (Å²) in [5.41, 5.74) is 4.39. The Morgan fingerprint density at radius 1 is 0.867 bits per heavy atom. The van der Waals surface area contributed by atoms with E-state index in [9.17, 15) is 4.79 Å².